The van der Waals surface area contributed by atoms with Crippen LogP contribution in [0.3, 0.4) is 0 Å². The Morgan fingerprint density at radius 3 is 2.38 bits per heavy atom. The molecule has 1 aromatic carbocycles. The molecule has 3 heteroatoms. The van der Waals surface area contributed by atoms with Crippen LogP contribution in [-0.4, -0.2) is 10.9 Å². The third-order valence-electron chi connectivity index (χ3n) is 3.22. The van der Waals surface area contributed by atoms with Gasteiger partial charge in [0.2, 0.25) is 0 Å². The Kier molecular flexibility index (Phi) is 4.28. The molecule has 0 radical (unpaired) electrons. The molecular formula is C13H16BrClO. The van der Waals surface area contributed by atoms with Crippen LogP contribution < -0.4 is 0 Å². The van der Waals surface area contributed by atoms with Crippen LogP contribution in [0.25, 0.3) is 0 Å². The predicted molar refractivity (Wildman–Crippen MR) is 71.2 cm³/mol. The molecule has 0 bridgehead atoms. The summed E-state index contributed by atoms with van der Waals surface area (Å²) in [7, 11) is 0. The number of halogens is 2. The van der Waals surface area contributed by atoms with E-state index >= 15 is 0 Å². The molecule has 0 aromatic heterocycles. The maximum absolute atomic E-state index is 6.08. The zero-order chi connectivity index (χ0) is 11.4. The van der Waals surface area contributed by atoms with E-state index in [2.05, 4.69) is 15.9 Å². The largest absolute Gasteiger partial charge is 0.369 e. The fraction of sp³-hybridized carbons (Fsp3) is 0.538. The van der Waals surface area contributed by atoms with E-state index in [4.69, 9.17) is 16.3 Å². The lowest BCUT2D eigenvalue weighted by atomic mass is 10.1. The summed E-state index contributed by atoms with van der Waals surface area (Å²) >= 11 is 9.42. The van der Waals surface area contributed by atoms with Gasteiger partial charge in [0.1, 0.15) is 0 Å². The first-order valence-electron chi connectivity index (χ1n) is 5.68. The number of benzene rings is 1. The average Bonchev–Trinajstić information content (AvgIpc) is 2.78. The van der Waals surface area contributed by atoms with Gasteiger partial charge in [-0.25, -0.2) is 0 Å². The van der Waals surface area contributed by atoms with E-state index in [1.54, 1.807) is 0 Å². The minimum absolute atomic E-state index is 0.0691. The maximum atomic E-state index is 6.08. The zero-order valence-corrected chi connectivity index (χ0v) is 11.6. The Hall–Kier alpha value is -0.0500. The van der Waals surface area contributed by atoms with E-state index < -0.39 is 0 Å². The van der Waals surface area contributed by atoms with Crippen molar-refractivity contribution in [1.29, 1.82) is 0 Å². The normalized spacial score (nSPS) is 18.9. The predicted octanol–water partition coefficient (Wildman–Crippen LogP) is 4.56. The highest BCUT2D eigenvalue weighted by Crippen LogP contribution is 2.35. The van der Waals surface area contributed by atoms with Crippen LogP contribution in [0.15, 0.2) is 24.3 Å². The quantitative estimate of drug-likeness (QED) is 0.741. The summed E-state index contributed by atoms with van der Waals surface area (Å²) in [4.78, 5) is 0. The zero-order valence-electron chi connectivity index (χ0n) is 9.22. The molecule has 1 fully saturated rings. The second-order valence-electron chi connectivity index (χ2n) is 4.44. The summed E-state index contributed by atoms with van der Waals surface area (Å²) in [5.41, 5.74) is 1.26. The lowest BCUT2D eigenvalue weighted by Crippen LogP contribution is -2.30. The van der Waals surface area contributed by atoms with Crippen LogP contribution in [0.4, 0.5) is 0 Å². The van der Waals surface area contributed by atoms with E-state index in [0.717, 1.165) is 10.4 Å². The van der Waals surface area contributed by atoms with Crippen LogP contribution >= 0.6 is 27.5 Å². The molecule has 0 N–H and O–H groups in total. The molecule has 2 rings (SSSR count). The van der Waals surface area contributed by atoms with Gasteiger partial charge in [0.25, 0.3) is 0 Å². The van der Waals surface area contributed by atoms with Gasteiger partial charge in [0, 0.05) is 10.4 Å². The van der Waals surface area contributed by atoms with Crippen LogP contribution in [0.5, 0.6) is 0 Å². The van der Waals surface area contributed by atoms with Gasteiger partial charge in [-0.2, -0.15) is 0 Å². The highest BCUT2D eigenvalue weighted by atomic mass is 79.9. The van der Waals surface area contributed by atoms with Gasteiger partial charge in [-0.1, -0.05) is 52.5 Å². The molecule has 1 nitrogen and oxygen atoms in total. The lowest BCUT2D eigenvalue weighted by molar-refractivity contribution is -0.0330. The smallest absolute Gasteiger partial charge is 0.0783 e. The van der Waals surface area contributed by atoms with E-state index in [-0.39, 0.29) is 5.60 Å². The Morgan fingerprint density at radius 1 is 1.19 bits per heavy atom. The van der Waals surface area contributed by atoms with Crippen molar-refractivity contribution in [3.63, 3.8) is 0 Å². The first-order valence-corrected chi connectivity index (χ1v) is 7.18. The van der Waals surface area contributed by atoms with Gasteiger partial charge in [0.05, 0.1) is 12.2 Å². The summed E-state index contributed by atoms with van der Waals surface area (Å²) in [6.07, 6.45) is 4.91. The van der Waals surface area contributed by atoms with E-state index in [0.29, 0.717) is 6.61 Å². The van der Waals surface area contributed by atoms with Crippen molar-refractivity contribution in [3.05, 3.63) is 34.9 Å². The number of hydrogen-bond acceptors (Lipinski definition) is 1. The Balaban J connectivity index is 1.93. The Morgan fingerprint density at radius 2 is 1.81 bits per heavy atom. The first kappa shape index (κ1) is 12.4. The van der Waals surface area contributed by atoms with Gasteiger partial charge >= 0.3 is 0 Å². The third-order valence-corrected chi connectivity index (χ3v) is 4.49. The molecule has 0 aliphatic heterocycles. The molecule has 0 amide bonds. The Bertz CT molecular complexity index is 330. The summed E-state index contributed by atoms with van der Waals surface area (Å²) < 4.78 is 6.08. The molecule has 0 atom stereocenters. The Labute approximate surface area is 110 Å². The number of rotatable bonds is 4. The van der Waals surface area contributed by atoms with Crippen molar-refractivity contribution in [1.82, 2.24) is 0 Å². The molecule has 1 aliphatic rings. The highest BCUT2D eigenvalue weighted by molar-refractivity contribution is 9.09. The first-order chi connectivity index (χ1) is 7.74. The van der Waals surface area contributed by atoms with E-state index in [1.807, 2.05) is 24.3 Å². The molecule has 16 heavy (non-hydrogen) atoms. The molecule has 1 aliphatic carbocycles. The topological polar surface area (TPSA) is 9.23 Å². The summed E-state index contributed by atoms with van der Waals surface area (Å²) in [6.45, 7) is 0.683. The summed E-state index contributed by atoms with van der Waals surface area (Å²) in [6, 6.07) is 7.88. The fourth-order valence-corrected chi connectivity index (χ4v) is 3.00. The molecule has 1 saturated carbocycles. The standard InChI is InChI=1S/C13H16BrClO/c14-10-13(7-1-2-8-13)16-9-11-3-5-12(15)6-4-11/h3-6H,1-2,7-10H2. The van der Waals surface area contributed by atoms with Crippen molar-refractivity contribution in [3.8, 4) is 0 Å². The van der Waals surface area contributed by atoms with Gasteiger partial charge in [-0.15, -0.1) is 0 Å². The van der Waals surface area contributed by atoms with E-state index in [1.165, 1.54) is 31.2 Å². The monoisotopic (exact) mass is 302 g/mol. The summed E-state index contributed by atoms with van der Waals surface area (Å²) in [5.74, 6) is 0. The molecule has 0 saturated heterocycles. The second-order valence-corrected chi connectivity index (χ2v) is 5.44. The van der Waals surface area contributed by atoms with Crippen LogP contribution in [0.2, 0.25) is 5.02 Å². The molecule has 0 unspecified atom stereocenters. The number of ether oxygens (including phenoxy) is 1. The SMILES string of the molecule is Clc1ccc(COC2(CBr)CCCC2)cc1. The van der Waals surface area contributed by atoms with Crippen molar-refractivity contribution in [2.24, 2.45) is 0 Å². The average molecular weight is 304 g/mol. The molecule has 0 heterocycles. The van der Waals surface area contributed by atoms with Gasteiger partial charge < -0.3 is 4.74 Å². The second kappa shape index (κ2) is 5.52. The van der Waals surface area contributed by atoms with Gasteiger partial charge in [0.15, 0.2) is 0 Å². The van der Waals surface area contributed by atoms with Crippen LogP contribution in [-0.2, 0) is 11.3 Å². The van der Waals surface area contributed by atoms with Crippen molar-refractivity contribution >= 4 is 27.5 Å². The number of hydrogen-bond donors (Lipinski definition) is 0. The van der Waals surface area contributed by atoms with Gasteiger partial charge in [-0.05, 0) is 30.5 Å². The molecule has 0 spiro atoms. The molecular weight excluding hydrogens is 287 g/mol. The van der Waals surface area contributed by atoms with Crippen LogP contribution in [0.1, 0.15) is 31.2 Å². The molecule has 1 aromatic rings. The van der Waals surface area contributed by atoms with Crippen molar-refractivity contribution in [2.75, 3.05) is 5.33 Å². The summed E-state index contributed by atoms with van der Waals surface area (Å²) in [5, 5.41) is 1.72. The molecule has 88 valence electrons. The van der Waals surface area contributed by atoms with Crippen molar-refractivity contribution in [2.45, 2.75) is 37.9 Å². The third kappa shape index (κ3) is 2.99. The minimum atomic E-state index is 0.0691. The lowest BCUT2D eigenvalue weighted by Gasteiger charge is -2.27. The minimum Gasteiger partial charge on any atom is -0.369 e. The number of alkyl halides is 1. The van der Waals surface area contributed by atoms with E-state index in [9.17, 15) is 0 Å². The van der Waals surface area contributed by atoms with Crippen LogP contribution in [0, 0.1) is 0 Å². The van der Waals surface area contributed by atoms with Gasteiger partial charge in [-0.3, -0.25) is 0 Å². The van der Waals surface area contributed by atoms with Crippen molar-refractivity contribution < 1.29 is 4.74 Å². The highest BCUT2D eigenvalue weighted by Gasteiger charge is 2.33. The maximum Gasteiger partial charge on any atom is 0.0783 e. The fourth-order valence-electron chi connectivity index (χ4n) is 2.15.